The van der Waals surface area contributed by atoms with Crippen molar-refractivity contribution in [2.45, 2.75) is 0 Å². The van der Waals surface area contributed by atoms with Crippen molar-refractivity contribution in [3.63, 3.8) is 0 Å². The summed E-state index contributed by atoms with van der Waals surface area (Å²) in [5.74, 6) is -0.0352. The van der Waals surface area contributed by atoms with Gasteiger partial charge in [0, 0.05) is 0 Å². The summed E-state index contributed by atoms with van der Waals surface area (Å²) < 4.78 is 6.57. The van der Waals surface area contributed by atoms with Crippen LogP contribution in [-0.2, 0) is 0 Å². The summed E-state index contributed by atoms with van der Waals surface area (Å²) in [7, 11) is 1.51. The third-order valence-corrected chi connectivity index (χ3v) is 3.84. The summed E-state index contributed by atoms with van der Waals surface area (Å²) in [6, 6.07) is 14.1. The highest BCUT2D eigenvalue weighted by Crippen LogP contribution is 2.24. The number of rotatable bonds is 3. The number of aromatic nitrogens is 4. The zero-order valence-corrected chi connectivity index (χ0v) is 13.2. The van der Waals surface area contributed by atoms with Crippen molar-refractivity contribution < 1.29 is 9.53 Å². The number of H-pyrrole nitrogens is 1. The summed E-state index contributed by atoms with van der Waals surface area (Å²) in [5.41, 5.74) is 1.34. The van der Waals surface area contributed by atoms with Crippen LogP contribution in [0.15, 0.2) is 53.3 Å². The monoisotopic (exact) mass is 335 g/mol. The largest absolute Gasteiger partial charge is 0.495 e. The van der Waals surface area contributed by atoms with E-state index < -0.39 is 11.5 Å². The third-order valence-electron chi connectivity index (χ3n) is 3.84. The molecule has 1 amide bonds. The lowest BCUT2D eigenvalue weighted by atomic mass is 10.2. The first kappa shape index (κ1) is 14.9. The quantitative estimate of drug-likeness (QED) is 0.595. The molecule has 8 nitrogen and oxygen atoms in total. The van der Waals surface area contributed by atoms with Gasteiger partial charge in [-0.3, -0.25) is 9.59 Å². The van der Waals surface area contributed by atoms with Crippen LogP contribution < -0.4 is 15.6 Å². The maximum Gasteiger partial charge on any atom is 0.278 e. The number of fused-ring (bicyclic) bond motifs is 3. The lowest BCUT2D eigenvalue weighted by molar-refractivity contribution is 0.102. The molecule has 0 spiro atoms. The van der Waals surface area contributed by atoms with Gasteiger partial charge in [0.15, 0.2) is 11.2 Å². The molecule has 8 heteroatoms. The van der Waals surface area contributed by atoms with E-state index in [1.165, 1.54) is 11.6 Å². The number of amides is 1. The minimum atomic E-state index is -0.541. The van der Waals surface area contributed by atoms with Crippen LogP contribution in [0.3, 0.4) is 0 Å². The summed E-state index contributed by atoms with van der Waals surface area (Å²) >= 11 is 0. The molecule has 0 aliphatic rings. The molecule has 2 heterocycles. The number of hydrogen-bond donors (Lipinski definition) is 2. The molecular weight excluding hydrogens is 322 g/mol. The van der Waals surface area contributed by atoms with E-state index in [-0.39, 0.29) is 11.2 Å². The Morgan fingerprint density at radius 1 is 1.16 bits per heavy atom. The van der Waals surface area contributed by atoms with Gasteiger partial charge in [-0.15, -0.1) is 5.10 Å². The fourth-order valence-electron chi connectivity index (χ4n) is 2.68. The number of nitrogens with one attached hydrogen (secondary N) is 2. The second kappa shape index (κ2) is 5.75. The van der Waals surface area contributed by atoms with Crippen LogP contribution in [0.25, 0.3) is 16.6 Å². The molecule has 0 bridgehead atoms. The van der Waals surface area contributed by atoms with Crippen molar-refractivity contribution in [2.75, 3.05) is 12.4 Å². The molecule has 2 N–H and O–H groups in total. The minimum absolute atomic E-state index is 0.0575. The number of carbonyl (C=O) groups excluding carboxylic acids is 1. The van der Waals surface area contributed by atoms with Crippen molar-refractivity contribution in [1.82, 2.24) is 19.8 Å². The van der Waals surface area contributed by atoms with Crippen LogP contribution in [-0.4, -0.2) is 32.8 Å². The highest BCUT2D eigenvalue weighted by atomic mass is 16.5. The first-order chi connectivity index (χ1) is 12.2. The van der Waals surface area contributed by atoms with Crippen molar-refractivity contribution in [1.29, 1.82) is 0 Å². The molecule has 2 aromatic heterocycles. The lowest BCUT2D eigenvalue weighted by Gasteiger charge is -2.08. The molecule has 0 atom stereocenters. The van der Waals surface area contributed by atoms with Crippen molar-refractivity contribution in [2.24, 2.45) is 0 Å². The SMILES string of the molecule is COc1ccccc1NC(=O)c1nnn2c1c(=O)[nH]c1ccccc12. The van der Waals surface area contributed by atoms with E-state index in [1.807, 2.05) is 6.07 Å². The van der Waals surface area contributed by atoms with Gasteiger partial charge in [-0.1, -0.05) is 29.5 Å². The van der Waals surface area contributed by atoms with Gasteiger partial charge in [-0.2, -0.15) is 0 Å². The molecule has 0 radical (unpaired) electrons. The summed E-state index contributed by atoms with van der Waals surface area (Å²) in [4.78, 5) is 27.7. The maximum atomic E-state index is 12.6. The normalized spacial score (nSPS) is 10.9. The molecule has 4 aromatic rings. The minimum Gasteiger partial charge on any atom is -0.495 e. The molecule has 0 unspecified atom stereocenters. The van der Waals surface area contributed by atoms with Gasteiger partial charge in [0.2, 0.25) is 0 Å². The predicted molar refractivity (Wildman–Crippen MR) is 92.1 cm³/mol. The van der Waals surface area contributed by atoms with Crippen molar-refractivity contribution in [3.8, 4) is 5.75 Å². The Morgan fingerprint density at radius 2 is 1.92 bits per heavy atom. The van der Waals surface area contributed by atoms with E-state index in [1.54, 1.807) is 42.5 Å². The highest BCUT2D eigenvalue weighted by Gasteiger charge is 2.20. The van der Waals surface area contributed by atoms with Crippen molar-refractivity contribution in [3.05, 3.63) is 64.6 Å². The second-order valence-corrected chi connectivity index (χ2v) is 5.32. The van der Waals surface area contributed by atoms with Gasteiger partial charge in [0.05, 0.1) is 23.8 Å². The van der Waals surface area contributed by atoms with Crippen LogP contribution in [0.1, 0.15) is 10.5 Å². The Kier molecular flexibility index (Phi) is 3.42. The van der Waals surface area contributed by atoms with E-state index in [0.29, 0.717) is 22.5 Å². The maximum absolute atomic E-state index is 12.6. The van der Waals surface area contributed by atoms with Crippen LogP contribution >= 0.6 is 0 Å². The molecule has 124 valence electrons. The predicted octanol–water partition coefficient (Wildman–Crippen LogP) is 1.83. The highest BCUT2D eigenvalue weighted by molar-refractivity contribution is 6.08. The number of nitrogens with zero attached hydrogens (tertiary/aromatic N) is 3. The van der Waals surface area contributed by atoms with Crippen LogP contribution in [0, 0.1) is 0 Å². The Morgan fingerprint density at radius 3 is 2.76 bits per heavy atom. The number of aromatic amines is 1. The lowest BCUT2D eigenvalue weighted by Crippen LogP contribution is -2.18. The van der Waals surface area contributed by atoms with E-state index in [2.05, 4.69) is 20.6 Å². The first-order valence-electron chi connectivity index (χ1n) is 7.50. The second-order valence-electron chi connectivity index (χ2n) is 5.32. The zero-order chi connectivity index (χ0) is 17.4. The van der Waals surface area contributed by atoms with Crippen LogP contribution in [0.2, 0.25) is 0 Å². The van der Waals surface area contributed by atoms with Gasteiger partial charge in [0.25, 0.3) is 11.5 Å². The van der Waals surface area contributed by atoms with Gasteiger partial charge >= 0.3 is 0 Å². The third kappa shape index (κ3) is 2.40. The average Bonchev–Trinajstić information content (AvgIpc) is 3.08. The average molecular weight is 335 g/mol. The van der Waals surface area contributed by atoms with E-state index >= 15 is 0 Å². The molecule has 0 fully saturated rings. The standard InChI is InChI=1S/C17H13N5O3/c1-25-13-9-5-3-7-11(13)19-16(23)14-15-17(24)18-10-6-2-4-8-12(10)22(15)21-20-14/h2-9H,1H3,(H,18,24)(H,19,23). The molecule has 2 aromatic carbocycles. The number of anilines is 1. The number of ether oxygens (including phenoxy) is 1. The number of carbonyl (C=O) groups is 1. The molecule has 0 saturated carbocycles. The Hall–Kier alpha value is -3.68. The fourth-order valence-corrected chi connectivity index (χ4v) is 2.68. The Balaban J connectivity index is 1.83. The molecule has 0 aliphatic carbocycles. The summed E-state index contributed by atoms with van der Waals surface area (Å²) in [6.07, 6.45) is 0. The smallest absolute Gasteiger partial charge is 0.278 e. The number of para-hydroxylation sites is 4. The molecule has 25 heavy (non-hydrogen) atoms. The van der Waals surface area contributed by atoms with E-state index in [9.17, 15) is 9.59 Å². The van der Waals surface area contributed by atoms with Crippen LogP contribution in [0.4, 0.5) is 5.69 Å². The molecule has 0 aliphatic heterocycles. The van der Waals surface area contributed by atoms with Crippen LogP contribution in [0.5, 0.6) is 5.75 Å². The van der Waals surface area contributed by atoms with Crippen molar-refractivity contribution >= 4 is 28.1 Å². The van der Waals surface area contributed by atoms with Gasteiger partial charge in [0.1, 0.15) is 5.75 Å². The Labute approximate surface area is 141 Å². The molecular formula is C17H13N5O3. The van der Waals surface area contributed by atoms with E-state index in [0.717, 1.165) is 0 Å². The zero-order valence-electron chi connectivity index (χ0n) is 13.2. The van der Waals surface area contributed by atoms with Gasteiger partial charge < -0.3 is 15.0 Å². The summed E-state index contributed by atoms with van der Waals surface area (Å²) in [6.45, 7) is 0. The number of hydrogen-bond acceptors (Lipinski definition) is 5. The molecule has 4 rings (SSSR count). The number of methoxy groups -OCH3 is 1. The number of benzene rings is 2. The Bertz CT molecular complexity index is 1160. The topological polar surface area (TPSA) is 101 Å². The van der Waals surface area contributed by atoms with Gasteiger partial charge in [-0.05, 0) is 24.3 Å². The van der Waals surface area contributed by atoms with E-state index in [4.69, 9.17) is 4.74 Å². The first-order valence-corrected chi connectivity index (χ1v) is 7.50. The van der Waals surface area contributed by atoms with Gasteiger partial charge in [-0.25, -0.2) is 4.52 Å². The summed E-state index contributed by atoms with van der Waals surface area (Å²) in [5, 5.41) is 10.6. The molecule has 0 saturated heterocycles. The fraction of sp³-hybridized carbons (Fsp3) is 0.0588.